The number of rotatable bonds is 8. The summed E-state index contributed by atoms with van der Waals surface area (Å²) in [6.45, 7) is 0.269. The van der Waals surface area contributed by atoms with E-state index in [1.807, 2.05) is 0 Å². The Labute approximate surface area is 181 Å². The Morgan fingerprint density at radius 2 is 1.93 bits per heavy atom. The Kier molecular flexibility index (Phi) is 7.05. The number of furan rings is 1. The lowest BCUT2D eigenvalue weighted by Crippen LogP contribution is -2.29. The molecule has 9 heteroatoms. The van der Waals surface area contributed by atoms with Gasteiger partial charge < -0.3 is 9.52 Å². The van der Waals surface area contributed by atoms with Crippen LogP contribution in [0.3, 0.4) is 0 Å². The van der Waals surface area contributed by atoms with Gasteiger partial charge in [0.15, 0.2) is 0 Å². The second-order valence-corrected chi connectivity index (χ2v) is 8.20. The van der Waals surface area contributed by atoms with Crippen LogP contribution in [0.2, 0.25) is 10.0 Å². The van der Waals surface area contributed by atoms with Gasteiger partial charge in [-0.2, -0.15) is 0 Å². The average Bonchev–Trinajstić information content (AvgIpc) is 3.21. The zero-order valence-corrected chi connectivity index (χ0v) is 17.5. The summed E-state index contributed by atoms with van der Waals surface area (Å²) in [5, 5.41) is 9.25. The highest BCUT2D eigenvalue weighted by Crippen LogP contribution is 2.35. The SMILES string of the molecule is O=C(O)CCCCCN1C(=O)SC(=Cc2ccc(-c3ccc(Cl)cc3Cl)o2)C1=O. The minimum Gasteiger partial charge on any atom is -0.481 e. The van der Waals surface area contributed by atoms with Crippen LogP contribution in [0.1, 0.15) is 31.4 Å². The van der Waals surface area contributed by atoms with Crippen molar-refractivity contribution in [1.29, 1.82) is 0 Å². The van der Waals surface area contributed by atoms with Crippen molar-refractivity contribution < 1.29 is 23.9 Å². The maximum Gasteiger partial charge on any atom is 0.303 e. The van der Waals surface area contributed by atoms with Gasteiger partial charge in [-0.3, -0.25) is 19.3 Å². The van der Waals surface area contributed by atoms with E-state index in [9.17, 15) is 14.4 Å². The van der Waals surface area contributed by atoms with E-state index in [1.54, 1.807) is 30.3 Å². The molecule has 0 bridgehead atoms. The molecule has 1 saturated heterocycles. The molecule has 0 spiro atoms. The number of aliphatic carboxylic acids is 1. The summed E-state index contributed by atoms with van der Waals surface area (Å²) in [5.74, 6) is -0.272. The normalized spacial score (nSPS) is 15.5. The number of nitrogens with zero attached hydrogens (tertiary/aromatic N) is 1. The minimum atomic E-state index is -0.850. The Morgan fingerprint density at radius 1 is 1.14 bits per heavy atom. The number of benzene rings is 1. The van der Waals surface area contributed by atoms with E-state index >= 15 is 0 Å². The highest BCUT2D eigenvalue weighted by atomic mass is 35.5. The van der Waals surface area contributed by atoms with Crippen LogP contribution in [0.5, 0.6) is 0 Å². The van der Waals surface area contributed by atoms with E-state index < -0.39 is 5.97 Å². The summed E-state index contributed by atoms with van der Waals surface area (Å²) in [4.78, 5) is 36.6. The van der Waals surface area contributed by atoms with E-state index in [0.717, 1.165) is 11.8 Å². The van der Waals surface area contributed by atoms with Crippen LogP contribution in [0.4, 0.5) is 4.79 Å². The predicted molar refractivity (Wildman–Crippen MR) is 113 cm³/mol. The molecule has 3 rings (SSSR count). The molecule has 29 heavy (non-hydrogen) atoms. The molecule has 1 aromatic heterocycles. The van der Waals surface area contributed by atoms with Crippen molar-refractivity contribution in [2.75, 3.05) is 6.54 Å². The fourth-order valence-electron chi connectivity index (χ4n) is 2.81. The molecule has 1 N–H and O–H groups in total. The molecule has 2 aromatic rings. The molecular weight excluding hydrogens is 437 g/mol. The van der Waals surface area contributed by atoms with Crippen LogP contribution in [-0.4, -0.2) is 33.7 Å². The van der Waals surface area contributed by atoms with Crippen LogP contribution >= 0.6 is 35.0 Å². The van der Waals surface area contributed by atoms with Crippen LogP contribution < -0.4 is 0 Å². The Hall–Kier alpha value is -2.22. The van der Waals surface area contributed by atoms with Crippen molar-refractivity contribution in [2.45, 2.75) is 25.7 Å². The number of hydrogen-bond donors (Lipinski definition) is 1. The number of thioether (sulfide) groups is 1. The molecule has 1 aliphatic rings. The highest BCUT2D eigenvalue weighted by Gasteiger charge is 2.34. The zero-order chi connectivity index (χ0) is 21.0. The van der Waals surface area contributed by atoms with Gasteiger partial charge in [0.05, 0.1) is 9.93 Å². The van der Waals surface area contributed by atoms with Crippen LogP contribution in [0, 0.1) is 0 Å². The van der Waals surface area contributed by atoms with Gasteiger partial charge in [-0.1, -0.05) is 29.6 Å². The molecule has 152 valence electrons. The third kappa shape index (κ3) is 5.44. The van der Waals surface area contributed by atoms with Crippen molar-refractivity contribution in [2.24, 2.45) is 0 Å². The second kappa shape index (κ2) is 9.52. The topological polar surface area (TPSA) is 87.8 Å². The number of imide groups is 1. The minimum absolute atomic E-state index is 0.0836. The number of carbonyl (C=O) groups excluding carboxylic acids is 2. The van der Waals surface area contributed by atoms with Crippen LogP contribution in [0.15, 0.2) is 39.7 Å². The van der Waals surface area contributed by atoms with Crippen LogP contribution in [-0.2, 0) is 9.59 Å². The summed E-state index contributed by atoms with van der Waals surface area (Å²) < 4.78 is 5.75. The Bertz CT molecular complexity index is 985. The number of halogens is 2. The Morgan fingerprint density at radius 3 is 2.66 bits per heavy atom. The number of carboxylic acids is 1. The number of carbonyl (C=O) groups is 3. The van der Waals surface area contributed by atoms with Crippen molar-refractivity contribution in [3.63, 3.8) is 0 Å². The predicted octanol–water partition coefficient (Wildman–Crippen LogP) is 5.93. The van der Waals surface area contributed by atoms with E-state index in [2.05, 4.69) is 0 Å². The van der Waals surface area contributed by atoms with Gasteiger partial charge in [0.2, 0.25) is 0 Å². The molecule has 0 atom stereocenters. The maximum absolute atomic E-state index is 12.5. The lowest BCUT2D eigenvalue weighted by Gasteiger charge is -2.11. The quantitative estimate of drug-likeness (QED) is 0.393. The molecule has 0 saturated carbocycles. The Balaban J connectivity index is 1.65. The van der Waals surface area contributed by atoms with Crippen molar-refractivity contribution in [3.05, 3.63) is 51.0 Å². The molecule has 2 heterocycles. The third-order valence-corrected chi connectivity index (χ3v) is 5.70. The molecule has 1 aliphatic heterocycles. The second-order valence-electron chi connectivity index (χ2n) is 6.36. The first-order chi connectivity index (χ1) is 13.8. The van der Waals surface area contributed by atoms with Gasteiger partial charge in [0.25, 0.3) is 11.1 Å². The van der Waals surface area contributed by atoms with E-state index in [-0.39, 0.29) is 29.0 Å². The zero-order valence-electron chi connectivity index (χ0n) is 15.2. The fourth-order valence-corrected chi connectivity index (χ4v) is 4.16. The molecular formula is C20H17Cl2NO5S. The molecule has 0 radical (unpaired) electrons. The average molecular weight is 454 g/mol. The van der Waals surface area contributed by atoms with E-state index in [4.69, 9.17) is 32.7 Å². The summed E-state index contributed by atoms with van der Waals surface area (Å²) in [7, 11) is 0. The molecule has 0 unspecified atom stereocenters. The van der Waals surface area contributed by atoms with Crippen LogP contribution in [0.25, 0.3) is 17.4 Å². The first-order valence-corrected chi connectivity index (χ1v) is 10.4. The molecule has 1 fully saturated rings. The summed E-state index contributed by atoms with van der Waals surface area (Å²) in [6.07, 6.45) is 3.34. The summed E-state index contributed by atoms with van der Waals surface area (Å²) in [6, 6.07) is 8.48. The van der Waals surface area contributed by atoms with Gasteiger partial charge in [0, 0.05) is 29.6 Å². The maximum atomic E-state index is 12.5. The molecule has 1 aromatic carbocycles. The smallest absolute Gasteiger partial charge is 0.303 e. The van der Waals surface area contributed by atoms with E-state index in [0.29, 0.717) is 46.4 Å². The van der Waals surface area contributed by atoms with Gasteiger partial charge in [-0.25, -0.2) is 0 Å². The third-order valence-electron chi connectivity index (χ3n) is 4.24. The molecule has 0 aliphatic carbocycles. The highest BCUT2D eigenvalue weighted by molar-refractivity contribution is 8.18. The lowest BCUT2D eigenvalue weighted by atomic mass is 10.2. The van der Waals surface area contributed by atoms with Gasteiger partial charge in [-0.05, 0) is 54.9 Å². The monoisotopic (exact) mass is 453 g/mol. The molecule has 2 amide bonds. The number of carboxylic acid groups (broad SMARTS) is 1. The van der Waals surface area contributed by atoms with Gasteiger partial charge >= 0.3 is 5.97 Å². The standard InChI is InChI=1S/C20H17Cl2NO5S/c21-12-5-7-14(15(22)10-12)16-8-6-13(28-16)11-17-19(26)23(20(27)29-17)9-3-1-2-4-18(24)25/h5-8,10-11H,1-4,9H2,(H,24,25). The van der Waals surface area contributed by atoms with Crippen molar-refractivity contribution >= 4 is 58.2 Å². The number of amides is 2. The largest absolute Gasteiger partial charge is 0.481 e. The summed E-state index contributed by atoms with van der Waals surface area (Å²) >= 11 is 13.0. The lowest BCUT2D eigenvalue weighted by molar-refractivity contribution is -0.137. The first-order valence-electron chi connectivity index (χ1n) is 8.87. The van der Waals surface area contributed by atoms with E-state index in [1.165, 1.54) is 11.0 Å². The van der Waals surface area contributed by atoms with Gasteiger partial charge in [-0.15, -0.1) is 0 Å². The number of unbranched alkanes of at least 4 members (excludes halogenated alkanes) is 2. The first kappa shape index (κ1) is 21.5. The van der Waals surface area contributed by atoms with Crippen molar-refractivity contribution in [3.8, 4) is 11.3 Å². The number of hydrogen-bond acceptors (Lipinski definition) is 5. The summed E-state index contributed by atoms with van der Waals surface area (Å²) in [5.41, 5.74) is 0.671. The fraction of sp³-hybridized carbons (Fsp3) is 0.250. The van der Waals surface area contributed by atoms with Crippen molar-refractivity contribution in [1.82, 2.24) is 4.90 Å². The molecule has 6 nitrogen and oxygen atoms in total. The van der Waals surface area contributed by atoms with Gasteiger partial charge in [0.1, 0.15) is 11.5 Å².